The fourth-order valence-electron chi connectivity index (χ4n) is 2.22. The van der Waals surface area contributed by atoms with Crippen LogP contribution in [-0.4, -0.2) is 22.0 Å². The van der Waals surface area contributed by atoms with E-state index in [9.17, 15) is 4.39 Å². The van der Waals surface area contributed by atoms with Crippen LogP contribution in [0.3, 0.4) is 0 Å². The molecule has 1 aliphatic rings. The second-order valence-electron chi connectivity index (χ2n) is 4.96. The van der Waals surface area contributed by atoms with Gasteiger partial charge in [0.05, 0.1) is 11.9 Å². The van der Waals surface area contributed by atoms with Gasteiger partial charge >= 0.3 is 0 Å². The molecule has 0 bridgehead atoms. The van der Waals surface area contributed by atoms with Crippen LogP contribution in [0.15, 0.2) is 48.7 Å². The topological polar surface area (TPSA) is 81.2 Å². The second kappa shape index (κ2) is 5.99. The Hall–Kier alpha value is -3.42. The third kappa shape index (κ3) is 2.89. The Morgan fingerprint density at radius 1 is 1.00 bits per heavy atom. The third-order valence-electron chi connectivity index (χ3n) is 3.32. The molecule has 0 unspecified atom stereocenters. The molecular formula is C16H12FN5O2. The van der Waals surface area contributed by atoms with Gasteiger partial charge in [0.1, 0.15) is 5.82 Å². The lowest BCUT2D eigenvalue weighted by molar-refractivity contribution is 0.174. The predicted octanol–water partition coefficient (Wildman–Crippen LogP) is 3.23. The molecule has 0 radical (unpaired) electrons. The van der Waals surface area contributed by atoms with E-state index < -0.39 is 0 Å². The molecule has 0 fully saturated rings. The van der Waals surface area contributed by atoms with E-state index in [2.05, 4.69) is 25.8 Å². The first-order valence-corrected chi connectivity index (χ1v) is 7.16. The van der Waals surface area contributed by atoms with Gasteiger partial charge < -0.3 is 20.1 Å². The van der Waals surface area contributed by atoms with E-state index in [1.807, 2.05) is 6.07 Å². The number of halogens is 1. The van der Waals surface area contributed by atoms with E-state index >= 15 is 0 Å². The number of nitrogens with zero attached hydrogens (tertiary/aromatic N) is 3. The molecule has 8 heteroatoms. The summed E-state index contributed by atoms with van der Waals surface area (Å²) >= 11 is 0. The van der Waals surface area contributed by atoms with Gasteiger partial charge in [0.25, 0.3) is 0 Å². The summed E-state index contributed by atoms with van der Waals surface area (Å²) in [4.78, 5) is 4.26. The Balaban J connectivity index is 1.53. The highest BCUT2D eigenvalue weighted by Crippen LogP contribution is 2.34. The maximum absolute atomic E-state index is 13.7. The van der Waals surface area contributed by atoms with E-state index in [0.717, 1.165) is 5.69 Å². The van der Waals surface area contributed by atoms with Crippen molar-refractivity contribution in [2.75, 3.05) is 17.4 Å². The minimum Gasteiger partial charge on any atom is -0.454 e. The second-order valence-corrected chi connectivity index (χ2v) is 4.96. The van der Waals surface area contributed by atoms with Crippen LogP contribution >= 0.6 is 0 Å². The minimum absolute atomic E-state index is 0.207. The first-order valence-electron chi connectivity index (χ1n) is 7.16. The van der Waals surface area contributed by atoms with E-state index in [1.54, 1.807) is 30.3 Å². The standard InChI is InChI=1S/C16H12FN5O2/c17-11-3-1-2-4-12(11)20-15-8-18-22-16(21-15)19-10-5-6-13-14(7-10)24-9-23-13/h1-8H,9H2,(H2,19,20,21,22). The summed E-state index contributed by atoms with van der Waals surface area (Å²) in [6.45, 7) is 0.207. The Bertz CT molecular complexity index is 890. The van der Waals surface area contributed by atoms with Gasteiger partial charge in [-0.1, -0.05) is 12.1 Å². The Kier molecular flexibility index (Phi) is 3.54. The monoisotopic (exact) mass is 325 g/mol. The molecule has 2 heterocycles. The number of benzene rings is 2. The summed E-state index contributed by atoms with van der Waals surface area (Å²) in [5.74, 6) is 1.61. The number of rotatable bonds is 4. The molecule has 1 aromatic heterocycles. The first-order chi connectivity index (χ1) is 11.8. The first kappa shape index (κ1) is 14.2. The molecule has 4 rings (SSSR count). The summed E-state index contributed by atoms with van der Waals surface area (Å²) < 4.78 is 24.3. The zero-order valence-electron chi connectivity index (χ0n) is 12.4. The van der Waals surface area contributed by atoms with Crippen molar-refractivity contribution < 1.29 is 13.9 Å². The van der Waals surface area contributed by atoms with E-state index in [0.29, 0.717) is 23.0 Å². The molecule has 2 aromatic carbocycles. The Morgan fingerprint density at radius 2 is 1.88 bits per heavy atom. The normalized spacial score (nSPS) is 12.0. The van der Waals surface area contributed by atoms with Crippen molar-refractivity contribution in [3.8, 4) is 11.5 Å². The summed E-state index contributed by atoms with van der Waals surface area (Å²) in [6, 6.07) is 11.7. The largest absolute Gasteiger partial charge is 0.454 e. The maximum Gasteiger partial charge on any atom is 0.249 e. The molecule has 1 aliphatic heterocycles. The molecule has 0 atom stereocenters. The van der Waals surface area contributed by atoms with Gasteiger partial charge in [-0.05, 0) is 24.3 Å². The van der Waals surface area contributed by atoms with Crippen molar-refractivity contribution in [2.45, 2.75) is 0 Å². The Labute approximate surface area is 136 Å². The van der Waals surface area contributed by atoms with Gasteiger partial charge in [-0.3, -0.25) is 0 Å². The molecule has 0 saturated carbocycles. The molecular weight excluding hydrogens is 313 g/mol. The molecule has 2 N–H and O–H groups in total. The summed E-state index contributed by atoms with van der Waals surface area (Å²) in [5.41, 5.74) is 1.04. The summed E-state index contributed by atoms with van der Waals surface area (Å²) in [7, 11) is 0. The van der Waals surface area contributed by atoms with Crippen LogP contribution in [0.1, 0.15) is 0 Å². The van der Waals surface area contributed by atoms with Crippen LogP contribution in [0.2, 0.25) is 0 Å². The number of fused-ring (bicyclic) bond motifs is 1. The summed E-state index contributed by atoms with van der Waals surface area (Å²) in [6.07, 6.45) is 1.41. The van der Waals surface area contributed by atoms with E-state index in [-0.39, 0.29) is 18.6 Å². The molecule has 7 nitrogen and oxygen atoms in total. The van der Waals surface area contributed by atoms with Crippen molar-refractivity contribution in [1.29, 1.82) is 0 Å². The van der Waals surface area contributed by atoms with Gasteiger partial charge in [-0.25, -0.2) is 4.39 Å². The highest BCUT2D eigenvalue weighted by Gasteiger charge is 2.13. The quantitative estimate of drug-likeness (QED) is 0.762. The number of hydrogen-bond donors (Lipinski definition) is 2. The summed E-state index contributed by atoms with van der Waals surface area (Å²) in [5, 5.41) is 13.7. The lowest BCUT2D eigenvalue weighted by Crippen LogP contribution is -2.03. The van der Waals surface area contributed by atoms with Crippen molar-refractivity contribution in [3.63, 3.8) is 0 Å². The van der Waals surface area contributed by atoms with Crippen molar-refractivity contribution >= 4 is 23.1 Å². The van der Waals surface area contributed by atoms with E-state index in [4.69, 9.17) is 9.47 Å². The van der Waals surface area contributed by atoms with Crippen LogP contribution in [0.4, 0.5) is 27.5 Å². The number of anilines is 4. The van der Waals surface area contributed by atoms with E-state index in [1.165, 1.54) is 12.3 Å². The zero-order valence-corrected chi connectivity index (χ0v) is 12.4. The lowest BCUT2D eigenvalue weighted by Gasteiger charge is -2.08. The predicted molar refractivity (Wildman–Crippen MR) is 85.4 cm³/mol. The highest BCUT2D eigenvalue weighted by atomic mass is 19.1. The van der Waals surface area contributed by atoms with Crippen LogP contribution in [0.25, 0.3) is 0 Å². The number of aromatic nitrogens is 3. The van der Waals surface area contributed by atoms with Gasteiger partial charge in [0.15, 0.2) is 17.3 Å². The molecule has 120 valence electrons. The van der Waals surface area contributed by atoms with Crippen molar-refractivity contribution in [1.82, 2.24) is 15.2 Å². The van der Waals surface area contributed by atoms with Crippen LogP contribution < -0.4 is 20.1 Å². The molecule has 0 spiro atoms. The smallest absolute Gasteiger partial charge is 0.249 e. The third-order valence-corrected chi connectivity index (χ3v) is 3.32. The molecule has 0 aliphatic carbocycles. The SMILES string of the molecule is Fc1ccccc1Nc1cnnc(Nc2ccc3c(c2)OCO3)n1. The molecule has 3 aromatic rings. The van der Waals surface area contributed by atoms with Crippen molar-refractivity contribution in [2.24, 2.45) is 0 Å². The highest BCUT2D eigenvalue weighted by molar-refractivity contribution is 5.62. The fourth-order valence-corrected chi connectivity index (χ4v) is 2.22. The fraction of sp³-hybridized carbons (Fsp3) is 0.0625. The van der Waals surface area contributed by atoms with Gasteiger partial charge in [-0.2, -0.15) is 10.1 Å². The number of para-hydroxylation sites is 1. The minimum atomic E-state index is -0.374. The zero-order chi connectivity index (χ0) is 16.4. The molecule has 24 heavy (non-hydrogen) atoms. The molecule has 0 saturated heterocycles. The van der Waals surface area contributed by atoms with Crippen LogP contribution in [0.5, 0.6) is 11.5 Å². The maximum atomic E-state index is 13.7. The van der Waals surface area contributed by atoms with Crippen molar-refractivity contribution in [3.05, 3.63) is 54.5 Å². The van der Waals surface area contributed by atoms with Crippen LogP contribution in [-0.2, 0) is 0 Å². The Morgan fingerprint density at radius 3 is 2.79 bits per heavy atom. The lowest BCUT2D eigenvalue weighted by atomic mass is 10.3. The number of nitrogens with one attached hydrogen (secondary N) is 2. The average Bonchev–Trinajstić information content (AvgIpc) is 3.05. The van der Waals surface area contributed by atoms with Gasteiger partial charge in [0, 0.05) is 11.8 Å². The molecule has 0 amide bonds. The number of ether oxygens (including phenoxy) is 2. The van der Waals surface area contributed by atoms with Gasteiger partial charge in [0.2, 0.25) is 12.7 Å². The van der Waals surface area contributed by atoms with Crippen LogP contribution in [0, 0.1) is 5.82 Å². The number of hydrogen-bond acceptors (Lipinski definition) is 7. The van der Waals surface area contributed by atoms with Gasteiger partial charge in [-0.15, -0.1) is 5.10 Å². The average molecular weight is 325 g/mol.